The van der Waals surface area contributed by atoms with Crippen LogP contribution in [0.4, 0.5) is 14.6 Å². The molecule has 1 aromatic heterocycles. The highest BCUT2D eigenvalue weighted by Crippen LogP contribution is 2.46. The lowest BCUT2D eigenvalue weighted by Gasteiger charge is -2.37. The van der Waals surface area contributed by atoms with Gasteiger partial charge in [0.1, 0.15) is 17.5 Å². The summed E-state index contributed by atoms with van der Waals surface area (Å²) in [6.07, 6.45) is 0.751. The van der Waals surface area contributed by atoms with Crippen LogP contribution < -0.4 is 15.9 Å². The molecule has 33 heavy (non-hydrogen) atoms. The van der Waals surface area contributed by atoms with Gasteiger partial charge in [0.25, 0.3) is 0 Å². The Hall–Kier alpha value is -1.87. The molecular formula is C23H22Cl2F2N4OS. The monoisotopic (exact) mass is 510 g/mol. The van der Waals surface area contributed by atoms with Gasteiger partial charge in [0, 0.05) is 59.2 Å². The number of nitrogens with one attached hydrogen (secondary N) is 1. The lowest BCUT2D eigenvalue weighted by atomic mass is 10.0. The topological polar surface area (TPSA) is 50.2 Å². The second-order valence-electron chi connectivity index (χ2n) is 8.65. The third-order valence-corrected chi connectivity index (χ3v) is 7.83. The number of halogens is 4. The van der Waals surface area contributed by atoms with Crippen LogP contribution in [0, 0.1) is 11.6 Å². The summed E-state index contributed by atoms with van der Waals surface area (Å²) >= 11 is 14.3. The predicted molar refractivity (Wildman–Crippen MR) is 131 cm³/mol. The van der Waals surface area contributed by atoms with Gasteiger partial charge in [-0.3, -0.25) is 4.57 Å². The minimum atomic E-state index is -0.835. The van der Waals surface area contributed by atoms with Crippen LogP contribution in [0.1, 0.15) is 20.3 Å². The lowest BCUT2D eigenvalue weighted by Crippen LogP contribution is -2.55. The summed E-state index contributed by atoms with van der Waals surface area (Å²) in [5.41, 5.74) is 0.874. The Labute approximate surface area is 204 Å². The Morgan fingerprint density at radius 1 is 1.09 bits per heavy atom. The van der Waals surface area contributed by atoms with Crippen LogP contribution in [0.25, 0.3) is 22.0 Å². The van der Waals surface area contributed by atoms with E-state index < -0.39 is 11.6 Å². The number of anilines is 1. The molecule has 2 aliphatic heterocycles. The van der Waals surface area contributed by atoms with Crippen molar-refractivity contribution in [3.05, 3.63) is 50.4 Å². The zero-order valence-corrected chi connectivity index (χ0v) is 20.4. The van der Waals surface area contributed by atoms with Crippen LogP contribution >= 0.6 is 35.0 Å². The normalized spacial score (nSPS) is 20.8. The maximum Gasteiger partial charge on any atom is 0.350 e. The van der Waals surface area contributed by atoms with Gasteiger partial charge in [-0.05, 0) is 38.2 Å². The largest absolute Gasteiger partial charge is 0.353 e. The highest BCUT2D eigenvalue weighted by atomic mass is 35.5. The van der Waals surface area contributed by atoms with Crippen LogP contribution in [-0.2, 0) is 6.54 Å². The van der Waals surface area contributed by atoms with Gasteiger partial charge in [-0.25, -0.2) is 13.6 Å². The summed E-state index contributed by atoms with van der Waals surface area (Å²) in [5.74, 6) is -0.288. The van der Waals surface area contributed by atoms with Gasteiger partial charge in [-0.1, -0.05) is 23.2 Å². The maximum atomic E-state index is 14.9. The van der Waals surface area contributed by atoms with E-state index in [1.807, 2.05) is 0 Å². The van der Waals surface area contributed by atoms with Crippen LogP contribution in [0.2, 0.25) is 10.0 Å². The molecule has 0 saturated carbocycles. The van der Waals surface area contributed by atoms with Crippen LogP contribution in [0.15, 0.2) is 27.9 Å². The predicted octanol–water partition coefficient (Wildman–Crippen LogP) is 5.33. The first-order chi connectivity index (χ1) is 15.7. The van der Waals surface area contributed by atoms with E-state index in [2.05, 4.69) is 29.0 Å². The number of hydrogen-bond acceptors (Lipinski definition) is 5. The first-order valence-electron chi connectivity index (χ1n) is 10.8. The van der Waals surface area contributed by atoms with Gasteiger partial charge in [-0.2, -0.15) is 4.98 Å². The molecule has 5 nitrogen and oxygen atoms in total. The Kier molecular flexibility index (Phi) is 6.05. The zero-order valence-electron chi connectivity index (χ0n) is 18.1. The Morgan fingerprint density at radius 2 is 1.82 bits per heavy atom. The number of piperazine rings is 1. The molecule has 2 aromatic carbocycles. The highest BCUT2D eigenvalue weighted by molar-refractivity contribution is 7.99. The van der Waals surface area contributed by atoms with Gasteiger partial charge in [0.05, 0.1) is 15.6 Å². The smallest absolute Gasteiger partial charge is 0.350 e. The van der Waals surface area contributed by atoms with Crippen molar-refractivity contribution in [2.24, 2.45) is 0 Å². The molecule has 2 unspecified atom stereocenters. The summed E-state index contributed by atoms with van der Waals surface area (Å²) in [4.78, 5) is 20.4. The summed E-state index contributed by atoms with van der Waals surface area (Å²) in [6.45, 7) is 6.08. The van der Waals surface area contributed by atoms with Crippen molar-refractivity contribution in [3.8, 4) is 11.1 Å². The van der Waals surface area contributed by atoms with Gasteiger partial charge in [0.15, 0.2) is 0 Å². The molecule has 1 saturated heterocycles. The first kappa shape index (κ1) is 22.9. The summed E-state index contributed by atoms with van der Waals surface area (Å²) in [5, 5.41) is 4.35. The van der Waals surface area contributed by atoms with Crippen molar-refractivity contribution < 1.29 is 8.78 Å². The molecule has 2 atom stereocenters. The molecular weight excluding hydrogens is 489 g/mol. The van der Waals surface area contributed by atoms with E-state index >= 15 is 0 Å². The molecule has 1 fully saturated rings. The second-order valence-corrected chi connectivity index (χ2v) is 10.6. The highest BCUT2D eigenvalue weighted by Gasteiger charge is 2.29. The molecule has 3 aromatic rings. The van der Waals surface area contributed by atoms with Crippen molar-refractivity contribution in [3.63, 3.8) is 0 Å². The van der Waals surface area contributed by atoms with Crippen LogP contribution in [-0.4, -0.2) is 40.5 Å². The molecule has 3 heterocycles. The van der Waals surface area contributed by atoms with Gasteiger partial charge >= 0.3 is 5.69 Å². The van der Waals surface area contributed by atoms with Crippen molar-refractivity contribution in [1.82, 2.24) is 14.9 Å². The average molecular weight is 511 g/mol. The van der Waals surface area contributed by atoms with E-state index in [4.69, 9.17) is 23.2 Å². The molecule has 174 valence electrons. The van der Waals surface area contributed by atoms with Crippen molar-refractivity contribution in [1.29, 1.82) is 0 Å². The van der Waals surface area contributed by atoms with Gasteiger partial charge in [0.2, 0.25) is 0 Å². The molecule has 0 aliphatic carbocycles. The molecule has 0 spiro atoms. The number of thioether (sulfide) groups is 1. The quantitative estimate of drug-likeness (QED) is 0.472. The molecule has 5 rings (SSSR count). The standard InChI is InChI=1S/C23H22Cl2F2N4OS/c1-11-9-30(10-12(2)28-11)22-14-7-16(25)19(13-6-15(24)18(27)8-17(13)26)21-20(14)31(23(32)29-22)4-3-5-33-21/h6-8,11-12,28H,3-5,9-10H2,1-2H3. The number of nitrogens with zero attached hydrogens (tertiary/aromatic N) is 3. The minimum absolute atomic E-state index is 0.111. The number of aromatic nitrogens is 2. The van der Waals surface area contributed by atoms with Gasteiger partial charge in [-0.15, -0.1) is 11.8 Å². The van der Waals surface area contributed by atoms with E-state index in [1.165, 1.54) is 17.8 Å². The lowest BCUT2D eigenvalue weighted by molar-refractivity contribution is 0.405. The van der Waals surface area contributed by atoms with E-state index in [0.29, 0.717) is 46.5 Å². The molecule has 10 heteroatoms. The second kappa shape index (κ2) is 8.73. The molecule has 1 N–H and O–H groups in total. The van der Waals surface area contributed by atoms with E-state index in [1.54, 1.807) is 10.6 Å². The third kappa shape index (κ3) is 4.01. The molecule has 0 radical (unpaired) electrons. The third-order valence-electron chi connectivity index (χ3n) is 6.06. The summed E-state index contributed by atoms with van der Waals surface area (Å²) < 4.78 is 30.4. The van der Waals surface area contributed by atoms with E-state index in [-0.39, 0.29) is 28.4 Å². The number of hydrogen-bond donors (Lipinski definition) is 1. The first-order valence-corrected chi connectivity index (χ1v) is 12.5. The Bertz CT molecular complexity index is 1320. The van der Waals surface area contributed by atoms with E-state index in [9.17, 15) is 13.6 Å². The van der Waals surface area contributed by atoms with Gasteiger partial charge < -0.3 is 10.2 Å². The Morgan fingerprint density at radius 3 is 2.55 bits per heavy atom. The fourth-order valence-electron chi connectivity index (χ4n) is 4.81. The summed E-state index contributed by atoms with van der Waals surface area (Å²) in [7, 11) is 0. The number of rotatable bonds is 2. The number of benzene rings is 2. The van der Waals surface area contributed by atoms with Crippen molar-refractivity contribution >= 4 is 51.7 Å². The SMILES string of the molecule is CC1CN(c2nc(=O)n3c4c(c(-c5cc(Cl)c(F)cc5F)c(Cl)cc24)SCCC3)CC(C)N1. The molecule has 0 bridgehead atoms. The van der Waals surface area contributed by atoms with Crippen molar-refractivity contribution in [2.45, 2.75) is 43.8 Å². The minimum Gasteiger partial charge on any atom is -0.353 e. The van der Waals surface area contributed by atoms with Crippen LogP contribution in [0.3, 0.4) is 0 Å². The average Bonchev–Trinajstić information content (AvgIpc) is 2.97. The Balaban J connectivity index is 1.83. The fourth-order valence-corrected chi connectivity index (χ4v) is 6.54. The van der Waals surface area contributed by atoms with E-state index in [0.717, 1.165) is 23.6 Å². The fraction of sp³-hybridized carbons (Fsp3) is 0.391. The van der Waals surface area contributed by atoms with Crippen LogP contribution in [0.5, 0.6) is 0 Å². The maximum absolute atomic E-state index is 14.9. The number of aryl methyl sites for hydroxylation is 1. The summed E-state index contributed by atoms with van der Waals surface area (Å²) in [6, 6.07) is 4.21. The van der Waals surface area contributed by atoms with Crippen molar-refractivity contribution in [2.75, 3.05) is 23.7 Å². The zero-order chi connectivity index (χ0) is 23.4. The molecule has 2 aliphatic rings. The molecule has 0 amide bonds.